The first-order chi connectivity index (χ1) is 5.00. The van der Waals surface area contributed by atoms with Gasteiger partial charge in [-0.1, -0.05) is 6.92 Å². The maximum Gasteiger partial charge on any atom is 0.331 e. The summed E-state index contributed by atoms with van der Waals surface area (Å²) in [5.41, 5.74) is 0.553. The van der Waals surface area contributed by atoms with E-state index in [4.69, 9.17) is 5.11 Å². The van der Waals surface area contributed by atoms with Crippen LogP contribution in [0.5, 0.6) is 0 Å². The van der Waals surface area contributed by atoms with Crippen LogP contribution in [0.25, 0.3) is 0 Å². The largest absolute Gasteiger partial charge is 0.478 e. The first kappa shape index (κ1) is 9.88. The van der Waals surface area contributed by atoms with Gasteiger partial charge in [-0.25, -0.2) is 4.79 Å². The van der Waals surface area contributed by atoms with Crippen LogP contribution in [0.1, 0.15) is 27.2 Å². The van der Waals surface area contributed by atoms with E-state index in [0.717, 1.165) is 0 Å². The standard InChI is InChI=1S/C8H12O3/c1-4-7(8(10)11)5(2)6(3)9/h4H2,1-3H3,(H,10,11). The summed E-state index contributed by atoms with van der Waals surface area (Å²) < 4.78 is 0. The number of hydrogen-bond acceptors (Lipinski definition) is 2. The Hall–Kier alpha value is -1.12. The summed E-state index contributed by atoms with van der Waals surface area (Å²) in [7, 11) is 0. The average molecular weight is 156 g/mol. The van der Waals surface area contributed by atoms with Crippen LogP contribution in [0.15, 0.2) is 11.1 Å². The van der Waals surface area contributed by atoms with Crippen LogP contribution in [0, 0.1) is 0 Å². The summed E-state index contributed by atoms with van der Waals surface area (Å²) in [5, 5.41) is 8.58. The molecule has 0 unspecified atom stereocenters. The van der Waals surface area contributed by atoms with Crippen molar-refractivity contribution in [3.8, 4) is 0 Å². The molecule has 62 valence electrons. The molecular formula is C8H12O3. The molecule has 0 aromatic carbocycles. The van der Waals surface area contributed by atoms with Gasteiger partial charge in [0, 0.05) is 11.1 Å². The molecule has 0 aliphatic carbocycles. The maximum atomic E-state index is 10.7. The van der Waals surface area contributed by atoms with Gasteiger partial charge in [0.15, 0.2) is 5.78 Å². The van der Waals surface area contributed by atoms with Crippen LogP contribution in [0.4, 0.5) is 0 Å². The number of aliphatic carboxylic acids is 1. The van der Waals surface area contributed by atoms with Gasteiger partial charge in [0.1, 0.15) is 0 Å². The lowest BCUT2D eigenvalue weighted by molar-refractivity contribution is -0.133. The molecule has 11 heavy (non-hydrogen) atoms. The van der Waals surface area contributed by atoms with E-state index in [9.17, 15) is 9.59 Å². The molecule has 0 saturated carbocycles. The topological polar surface area (TPSA) is 54.4 Å². The van der Waals surface area contributed by atoms with E-state index in [2.05, 4.69) is 0 Å². The number of ketones is 1. The monoisotopic (exact) mass is 156 g/mol. The predicted molar refractivity (Wildman–Crippen MR) is 41.3 cm³/mol. The van der Waals surface area contributed by atoms with Gasteiger partial charge >= 0.3 is 5.97 Å². The van der Waals surface area contributed by atoms with E-state index in [0.29, 0.717) is 12.0 Å². The van der Waals surface area contributed by atoms with Gasteiger partial charge in [-0.05, 0) is 20.3 Å². The van der Waals surface area contributed by atoms with Gasteiger partial charge in [-0.2, -0.15) is 0 Å². The van der Waals surface area contributed by atoms with Gasteiger partial charge in [-0.3, -0.25) is 4.79 Å². The third kappa shape index (κ3) is 2.53. The van der Waals surface area contributed by atoms with Gasteiger partial charge in [-0.15, -0.1) is 0 Å². The molecular weight excluding hydrogens is 144 g/mol. The van der Waals surface area contributed by atoms with Crippen LogP contribution in [0.2, 0.25) is 0 Å². The van der Waals surface area contributed by atoms with Crippen molar-refractivity contribution in [2.45, 2.75) is 27.2 Å². The van der Waals surface area contributed by atoms with Gasteiger partial charge in [0.2, 0.25) is 0 Å². The Morgan fingerprint density at radius 1 is 1.27 bits per heavy atom. The second-order valence-corrected chi connectivity index (χ2v) is 2.32. The van der Waals surface area contributed by atoms with Gasteiger partial charge in [0.25, 0.3) is 0 Å². The molecule has 0 aromatic heterocycles. The Bertz CT molecular complexity index is 213. The zero-order valence-corrected chi connectivity index (χ0v) is 6.97. The van der Waals surface area contributed by atoms with Crippen LogP contribution < -0.4 is 0 Å². The first-order valence-corrected chi connectivity index (χ1v) is 3.44. The Balaban J connectivity index is 4.83. The third-order valence-electron chi connectivity index (χ3n) is 1.59. The molecule has 0 aromatic rings. The average Bonchev–Trinajstić information content (AvgIpc) is 1.88. The molecule has 0 aliphatic rings. The van der Waals surface area contributed by atoms with Gasteiger partial charge < -0.3 is 5.11 Å². The highest BCUT2D eigenvalue weighted by Crippen LogP contribution is 2.08. The summed E-state index contributed by atoms with van der Waals surface area (Å²) in [6, 6.07) is 0. The minimum atomic E-state index is -1.000. The molecule has 0 fully saturated rings. The number of carboxylic acid groups (broad SMARTS) is 1. The van der Waals surface area contributed by atoms with Crippen molar-refractivity contribution in [2.24, 2.45) is 0 Å². The second kappa shape index (κ2) is 3.91. The molecule has 0 atom stereocenters. The van der Waals surface area contributed by atoms with Crippen molar-refractivity contribution < 1.29 is 14.7 Å². The molecule has 0 heterocycles. The number of hydrogen-bond donors (Lipinski definition) is 1. The number of carbonyl (C=O) groups excluding carboxylic acids is 1. The Kier molecular flexibility index (Phi) is 3.51. The number of carbonyl (C=O) groups is 2. The lowest BCUT2D eigenvalue weighted by atomic mass is 10.0. The molecule has 3 nitrogen and oxygen atoms in total. The highest BCUT2D eigenvalue weighted by atomic mass is 16.4. The fraction of sp³-hybridized carbons (Fsp3) is 0.500. The Morgan fingerprint density at radius 3 is 1.82 bits per heavy atom. The normalized spacial score (nSPS) is 12.3. The predicted octanol–water partition coefficient (Wildman–Crippen LogP) is 1.39. The van der Waals surface area contributed by atoms with Crippen molar-refractivity contribution in [1.29, 1.82) is 0 Å². The molecule has 1 N–H and O–H groups in total. The van der Waals surface area contributed by atoms with Crippen molar-refractivity contribution in [3.05, 3.63) is 11.1 Å². The second-order valence-electron chi connectivity index (χ2n) is 2.32. The first-order valence-electron chi connectivity index (χ1n) is 3.44. The van der Waals surface area contributed by atoms with Crippen LogP contribution in [-0.2, 0) is 9.59 Å². The molecule has 0 bridgehead atoms. The molecule has 0 saturated heterocycles. The fourth-order valence-corrected chi connectivity index (χ4v) is 0.789. The number of allylic oxidation sites excluding steroid dienone is 1. The zero-order valence-electron chi connectivity index (χ0n) is 6.97. The van der Waals surface area contributed by atoms with Crippen molar-refractivity contribution >= 4 is 11.8 Å². The summed E-state index contributed by atoms with van der Waals surface area (Å²) in [4.78, 5) is 21.2. The lowest BCUT2D eigenvalue weighted by Crippen LogP contribution is -2.06. The zero-order chi connectivity index (χ0) is 9.02. The maximum absolute atomic E-state index is 10.7. The summed E-state index contributed by atoms with van der Waals surface area (Å²) in [6.07, 6.45) is 0.390. The Morgan fingerprint density at radius 2 is 1.73 bits per heavy atom. The summed E-state index contributed by atoms with van der Waals surface area (Å²) in [6.45, 7) is 4.62. The number of carboxylic acids is 1. The van der Waals surface area contributed by atoms with Crippen LogP contribution >= 0.6 is 0 Å². The molecule has 3 heteroatoms. The molecule has 0 radical (unpaired) electrons. The van der Waals surface area contributed by atoms with E-state index >= 15 is 0 Å². The number of Topliss-reactive ketones (excluding diaryl/α,β-unsaturated/α-hetero) is 1. The van der Waals surface area contributed by atoms with Crippen molar-refractivity contribution in [2.75, 3.05) is 0 Å². The SMILES string of the molecule is CCC(C(=O)O)=C(C)C(C)=O. The Labute approximate surface area is 65.7 Å². The minimum absolute atomic E-state index is 0.177. The molecule has 0 spiro atoms. The fourth-order valence-electron chi connectivity index (χ4n) is 0.789. The van der Waals surface area contributed by atoms with E-state index in [1.807, 2.05) is 0 Å². The smallest absolute Gasteiger partial charge is 0.331 e. The summed E-state index contributed by atoms with van der Waals surface area (Å²) >= 11 is 0. The van der Waals surface area contributed by atoms with Crippen LogP contribution in [-0.4, -0.2) is 16.9 Å². The highest BCUT2D eigenvalue weighted by molar-refractivity contribution is 6.01. The van der Waals surface area contributed by atoms with E-state index < -0.39 is 5.97 Å². The van der Waals surface area contributed by atoms with Gasteiger partial charge in [0.05, 0.1) is 0 Å². The van der Waals surface area contributed by atoms with Crippen LogP contribution in [0.3, 0.4) is 0 Å². The van der Waals surface area contributed by atoms with E-state index in [1.54, 1.807) is 6.92 Å². The van der Waals surface area contributed by atoms with Crippen molar-refractivity contribution in [3.63, 3.8) is 0 Å². The summed E-state index contributed by atoms with van der Waals surface area (Å²) in [5.74, 6) is -1.18. The third-order valence-corrected chi connectivity index (χ3v) is 1.59. The minimum Gasteiger partial charge on any atom is -0.478 e. The lowest BCUT2D eigenvalue weighted by Gasteiger charge is -2.00. The quantitative estimate of drug-likeness (QED) is 0.628. The molecule has 0 aliphatic heterocycles. The van der Waals surface area contributed by atoms with E-state index in [1.165, 1.54) is 13.8 Å². The van der Waals surface area contributed by atoms with Crippen molar-refractivity contribution in [1.82, 2.24) is 0 Å². The highest BCUT2D eigenvalue weighted by Gasteiger charge is 2.11. The van der Waals surface area contributed by atoms with E-state index in [-0.39, 0.29) is 11.4 Å². The number of rotatable bonds is 3. The molecule has 0 rings (SSSR count). The molecule has 0 amide bonds.